The van der Waals surface area contributed by atoms with Crippen LogP contribution in [-0.4, -0.2) is 9.97 Å². The molecule has 0 bridgehead atoms. The van der Waals surface area contributed by atoms with Gasteiger partial charge in [0, 0.05) is 29.1 Å². The molecule has 0 fully saturated rings. The predicted octanol–water partition coefficient (Wildman–Crippen LogP) is 3.82. The Kier molecular flexibility index (Phi) is 2.86. The van der Waals surface area contributed by atoms with Gasteiger partial charge in [-0.1, -0.05) is 36.4 Å². The van der Waals surface area contributed by atoms with Crippen LogP contribution >= 0.6 is 0 Å². The summed E-state index contributed by atoms with van der Waals surface area (Å²) in [7, 11) is 0. The number of aromatic nitrogens is 2. The first-order chi connectivity index (χ1) is 10.8. The maximum absolute atomic E-state index is 11.5. The topological polar surface area (TPSA) is 57.8 Å². The van der Waals surface area contributed by atoms with Crippen molar-refractivity contribution < 1.29 is 0 Å². The van der Waals surface area contributed by atoms with Gasteiger partial charge in [-0.3, -0.25) is 4.79 Å². The molecular weight excluding hydrogens is 274 g/mol. The smallest absolute Gasteiger partial charge is 0.183 e. The number of rotatable bonds is 2. The minimum absolute atomic E-state index is 0.0380. The number of anilines is 2. The number of benzene rings is 2. The fraction of sp³-hybridized carbons (Fsp3) is 0. The Bertz CT molecular complexity index is 983. The van der Waals surface area contributed by atoms with Gasteiger partial charge in [-0.25, -0.2) is 4.98 Å². The first-order valence-corrected chi connectivity index (χ1v) is 7.04. The van der Waals surface area contributed by atoms with Gasteiger partial charge in [-0.2, -0.15) is 0 Å². The summed E-state index contributed by atoms with van der Waals surface area (Å²) in [5, 5.41) is 5.37. The van der Waals surface area contributed by atoms with Gasteiger partial charge >= 0.3 is 0 Å². The highest BCUT2D eigenvalue weighted by Crippen LogP contribution is 2.32. The molecule has 0 aliphatic carbocycles. The van der Waals surface area contributed by atoms with E-state index in [1.807, 2.05) is 48.5 Å². The molecule has 2 aromatic carbocycles. The summed E-state index contributed by atoms with van der Waals surface area (Å²) in [5.41, 5.74) is 2.75. The summed E-state index contributed by atoms with van der Waals surface area (Å²) >= 11 is 0. The van der Waals surface area contributed by atoms with Crippen molar-refractivity contribution in [2.45, 2.75) is 0 Å². The highest BCUT2D eigenvalue weighted by molar-refractivity contribution is 6.08. The summed E-state index contributed by atoms with van der Waals surface area (Å²) in [6.07, 6.45) is 1.64. The van der Waals surface area contributed by atoms with Crippen LogP contribution in [0.5, 0.6) is 0 Å². The quantitative estimate of drug-likeness (QED) is 0.551. The molecule has 4 aromatic rings. The zero-order valence-corrected chi connectivity index (χ0v) is 11.7. The third-order valence-electron chi connectivity index (χ3n) is 3.62. The maximum atomic E-state index is 11.5. The lowest BCUT2D eigenvalue weighted by molar-refractivity contribution is 1.29. The molecule has 2 aromatic heterocycles. The van der Waals surface area contributed by atoms with Crippen LogP contribution in [0.2, 0.25) is 0 Å². The number of aromatic amines is 1. The Balaban J connectivity index is 2.02. The molecule has 2 heterocycles. The van der Waals surface area contributed by atoms with Gasteiger partial charge in [-0.15, -0.1) is 0 Å². The van der Waals surface area contributed by atoms with Crippen LogP contribution in [0.3, 0.4) is 0 Å². The van der Waals surface area contributed by atoms with E-state index in [0.29, 0.717) is 5.82 Å². The monoisotopic (exact) mass is 287 g/mol. The number of nitrogens with one attached hydrogen (secondary N) is 2. The van der Waals surface area contributed by atoms with Gasteiger partial charge in [0.15, 0.2) is 5.43 Å². The molecule has 0 spiro atoms. The summed E-state index contributed by atoms with van der Waals surface area (Å²) in [6, 6.07) is 19.0. The third-order valence-corrected chi connectivity index (χ3v) is 3.62. The molecule has 0 aliphatic heterocycles. The van der Waals surface area contributed by atoms with Crippen LogP contribution in [-0.2, 0) is 0 Å². The third kappa shape index (κ3) is 2.11. The summed E-state index contributed by atoms with van der Waals surface area (Å²) in [6.45, 7) is 0. The Morgan fingerprint density at radius 1 is 0.864 bits per heavy atom. The van der Waals surface area contributed by atoms with Crippen molar-refractivity contribution in [3.63, 3.8) is 0 Å². The standard InChI is InChI=1S/C18H13N3O/c22-12-9-10-19-17(11-12)21-18-13-5-1-3-7-15(13)20-16-8-4-2-6-14(16)18/h1-11H,(H2,19,20,21,22). The molecule has 0 aliphatic rings. The molecule has 0 saturated heterocycles. The van der Waals surface area contributed by atoms with E-state index < -0.39 is 0 Å². The molecule has 4 rings (SSSR count). The van der Waals surface area contributed by atoms with Crippen LogP contribution in [0.4, 0.5) is 11.5 Å². The lowest BCUT2D eigenvalue weighted by atomic mass is 10.1. The molecule has 0 unspecified atom stereocenters. The van der Waals surface area contributed by atoms with E-state index in [-0.39, 0.29) is 5.43 Å². The summed E-state index contributed by atoms with van der Waals surface area (Å²) in [4.78, 5) is 19.3. The Morgan fingerprint density at radius 3 is 2.14 bits per heavy atom. The average Bonchev–Trinajstić information content (AvgIpc) is 2.55. The Labute approximate surface area is 126 Å². The molecular formula is C18H13N3O. The van der Waals surface area contributed by atoms with E-state index in [4.69, 9.17) is 0 Å². The largest absolute Gasteiger partial charge is 0.348 e. The van der Waals surface area contributed by atoms with Gasteiger partial charge in [0.05, 0.1) is 16.7 Å². The number of nitrogens with zero attached hydrogens (tertiary/aromatic N) is 1. The second kappa shape index (κ2) is 5.00. The first kappa shape index (κ1) is 12.6. The fourth-order valence-electron chi connectivity index (χ4n) is 2.63. The van der Waals surface area contributed by atoms with E-state index in [1.165, 1.54) is 6.07 Å². The van der Waals surface area contributed by atoms with Crippen LogP contribution in [0, 0.1) is 0 Å². The highest BCUT2D eigenvalue weighted by atomic mass is 16.1. The fourth-order valence-corrected chi connectivity index (χ4v) is 2.63. The van der Waals surface area contributed by atoms with Gasteiger partial charge in [0.2, 0.25) is 0 Å². The second-order valence-electron chi connectivity index (χ2n) is 5.08. The number of fused-ring (bicyclic) bond motifs is 2. The molecule has 0 radical (unpaired) electrons. The minimum Gasteiger partial charge on any atom is -0.348 e. The molecule has 4 heteroatoms. The number of para-hydroxylation sites is 2. The van der Waals surface area contributed by atoms with Crippen molar-refractivity contribution in [2.24, 2.45) is 0 Å². The van der Waals surface area contributed by atoms with Gasteiger partial charge in [0.1, 0.15) is 5.82 Å². The molecule has 0 amide bonds. The van der Waals surface area contributed by atoms with E-state index >= 15 is 0 Å². The molecule has 106 valence electrons. The number of hydrogen-bond acceptors (Lipinski definition) is 3. The van der Waals surface area contributed by atoms with Crippen molar-refractivity contribution in [1.82, 2.24) is 9.97 Å². The molecule has 0 atom stereocenters. The second-order valence-corrected chi connectivity index (χ2v) is 5.08. The zero-order chi connectivity index (χ0) is 14.9. The van der Waals surface area contributed by atoms with Crippen LogP contribution < -0.4 is 10.7 Å². The minimum atomic E-state index is -0.0380. The van der Waals surface area contributed by atoms with Crippen LogP contribution in [0.15, 0.2) is 71.7 Å². The Hall–Kier alpha value is -3.14. The normalized spacial score (nSPS) is 10.9. The summed E-state index contributed by atoms with van der Waals surface area (Å²) < 4.78 is 0. The van der Waals surface area contributed by atoms with Crippen molar-refractivity contribution in [3.05, 3.63) is 77.1 Å². The first-order valence-electron chi connectivity index (χ1n) is 7.04. The van der Waals surface area contributed by atoms with Crippen molar-refractivity contribution in [1.29, 1.82) is 0 Å². The zero-order valence-electron chi connectivity index (χ0n) is 11.7. The van der Waals surface area contributed by atoms with Crippen molar-refractivity contribution in [2.75, 3.05) is 5.32 Å². The van der Waals surface area contributed by atoms with Crippen molar-refractivity contribution >= 4 is 33.3 Å². The molecule has 0 saturated carbocycles. The molecule has 22 heavy (non-hydrogen) atoms. The van der Waals surface area contributed by atoms with Gasteiger partial charge in [0.25, 0.3) is 0 Å². The van der Waals surface area contributed by atoms with Gasteiger partial charge < -0.3 is 10.3 Å². The number of hydrogen-bond donors (Lipinski definition) is 2. The lowest BCUT2D eigenvalue weighted by Crippen LogP contribution is -2.02. The number of H-pyrrole nitrogens is 1. The van der Waals surface area contributed by atoms with Crippen molar-refractivity contribution in [3.8, 4) is 0 Å². The number of pyridine rings is 2. The lowest BCUT2D eigenvalue weighted by Gasteiger charge is -2.12. The summed E-state index contributed by atoms with van der Waals surface area (Å²) in [5.74, 6) is 0.661. The van der Waals surface area contributed by atoms with E-state index in [9.17, 15) is 4.79 Å². The Morgan fingerprint density at radius 2 is 1.50 bits per heavy atom. The van der Waals surface area contributed by atoms with Gasteiger partial charge in [-0.05, 0) is 12.1 Å². The average molecular weight is 287 g/mol. The maximum Gasteiger partial charge on any atom is 0.183 e. The van der Waals surface area contributed by atoms with E-state index in [1.54, 1.807) is 12.3 Å². The van der Waals surface area contributed by atoms with E-state index in [0.717, 1.165) is 27.5 Å². The SMILES string of the molecule is O=c1cc[nH]c(Nc2c3ccccc3nc3ccccc23)c1. The van der Waals surface area contributed by atoms with Crippen LogP contribution in [0.25, 0.3) is 21.8 Å². The van der Waals surface area contributed by atoms with E-state index in [2.05, 4.69) is 15.3 Å². The molecule has 2 N–H and O–H groups in total. The molecule has 4 nitrogen and oxygen atoms in total. The predicted molar refractivity (Wildman–Crippen MR) is 89.6 cm³/mol. The highest BCUT2D eigenvalue weighted by Gasteiger charge is 2.09. The van der Waals surface area contributed by atoms with Crippen LogP contribution in [0.1, 0.15) is 0 Å².